The molecule has 0 aromatic heterocycles. The number of carbonyl (C=O) groups is 1. The van der Waals surface area contributed by atoms with Crippen LogP contribution in [0.3, 0.4) is 0 Å². The molecule has 1 N–H and O–H groups in total. The van der Waals surface area contributed by atoms with E-state index in [1.807, 2.05) is 0 Å². The van der Waals surface area contributed by atoms with Crippen LogP contribution in [0.5, 0.6) is 0 Å². The highest BCUT2D eigenvalue weighted by molar-refractivity contribution is 14.1. The molecule has 0 aromatic carbocycles. The Balaban J connectivity index is 0.00000225. The lowest BCUT2D eigenvalue weighted by atomic mass is 9.91. The van der Waals surface area contributed by atoms with Crippen LogP contribution in [0.25, 0.3) is 0 Å². The van der Waals surface area contributed by atoms with E-state index in [4.69, 9.17) is 0 Å². The second-order valence-electron chi connectivity index (χ2n) is 3.75. The van der Waals surface area contributed by atoms with Crippen molar-refractivity contribution in [2.24, 2.45) is 0 Å². The lowest BCUT2D eigenvalue weighted by Gasteiger charge is -2.25. The molecule has 0 aromatic rings. The minimum atomic E-state index is -2.81. The van der Waals surface area contributed by atoms with Crippen LogP contribution < -0.4 is 5.32 Å². The molecule has 16 heavy (non-hydrogen) atoms. The van der Waals surface area contributed by atoms with Crippen LogP contribution in [0.2, 0.25) is 0 Å². The summed E-state index contributed by atoms with van der Waals surface area (Å²) in [7, 11) is 1.23. The molecule has 1 rings (SSSR count). The number of hydrogen-bond acceptors (Lipinski definition) is 3. The van der Waals surface area contributed by atoms with E-state index in [0.717, 1.165) is 10.8 Å². The van der Waals surface area contributed by atoms with Gasteiger partial charge in [0.25, 0.3) is 5.92 Å². The van der Waals surface area contributed by atoms with Gasteiger partial charge in [-0.1, -0.05) is 22.6 Å². The topological polar surface area (TPSA) is 38.3 Å². The average Bonchev–Trinajstić information content (AvgIpc) is 2.51. The number of rotatable bonds is 4. The molecular formula is C9H15ClF2INO2. The van der Waals surface area contributed by atoms with Gasteiger partial charge in [0, 0.05) is 6.42 Å². The van der Waals surface area contributed by atoms with Gasteiger partial charge in [0.15, 0.2) is 0 Å². The van der Waals surface area contributed by atoms with Crippen LogP contribution in [0.1, 0.15) is 19.3 Å². The zero-order valence-corrected chi connectivity index (χ0v) is 11.9. The third-order valence-corrected chi connectivity index (χ3v) is 3.32. The van der Waals surface area contributed by atoms with Crippen LogP contribution in [-0.2, 0) is 9.53 Å². The van der Waals surface area contributed by atoms with Crippen molar-refractivity contribution in [1.82, 2.24) is 5.32 Å². The van der Waals surface area contributed by atoms with Gasteiger partial charge in [0.05, 0.1) is 13.7 Å². The number of methoxy groups -OCH3 is 1. The fourth-order valence-electron chi connectivity index (χ4n) is 1.85. The van der Waals surface area contributed by atoms with Crippen LogP contribution in [-0.4, -0.2) is 35.5 Å². The average molecular weight is 370 g/mol. The molecule has 3 nitrogen and oxygen atoms in total. The number of hydrogen-bond donors (Lipinski definition) is 1. The summed E-state index contributed by atoms with van der Waals surface area (Å²) < 4.78 is 31.6. The van der Waals surface area contributed by atoms with E-state index < -0.39 is 30.4 Å². The standard InChI is InChI=1S/C9H14F2INO2.ClH/c1-15-7(14)8(3-2-4-12)5-9(10,11)6-13-8;/h13H,2-6H2,1H3;1H/t8-;/m0./s1. The molecule has 7 heteroatoms. The first-order valence-electron chi connectivity index (χ1n) is 4.73. The SMILES string of the molecule is COC(=O)[C@]1(CCCI)CC(F)(F)CN1.Cl. The summed E-state index contributed by atoms with van der Waals surface area (Å²) >= 11 is 2.16. The Morgan fingerprint density at radius 3 is 2.56 bits per heavy atom. The van der Waals surface area contributed by atoms with Crippen LogP contribution in [0.4, 0.5) is 8.78 Å². The number of carbonyl (C=O) groups excluding carboxylic acids is 1. The molecule has 0 spiro atoms. The highest BCUT2D eigenvalue weighted by Gasteiger charge is 2.53. The zero-order valence-electron chi connectivity index (χ0n) is 8.89. The van der Waals surface area contributed by atoms with Crippen molar-refractivity contribution >= 4 is 41.0 Å². The Hall–Kier alpha value is 0.310. The molecule has 1 saturated heterocycles. The molecule has 1 aliphatic heterocycles. The van der Waals surface area contributed by atoms with E-state index in [9.17, 15) is 13.6 Å². The van der Waals surface area contributed by atoms with Gasteiger partial charge in [-0.3, -0.25) is 10.1 Å². The van der Waals surface area contributed by atoms with Crippen molar-refractivity contribution in [1.29, 1.82) is 0 Å². The van der Waals surface area contributed by atoms with Gasteiger partial charge in [-0.25, -0.2) is 8.78 Å². The third kappa shape index (κ3) is 3.66. The summed E-state index contributed by atoms with van der Waals surface area (Å²) in [5.74, 6) is -3.39. The van der Waals surface area contributed by atoms with Crippen molar-refractivity contribution in [2.75, 3.05) is 18.1 Å². The third-order valence-electron chi connectivity index (χ3n) is 2.56. The first kappa shape index (κ1) is 16.3. The van der Waals surface area contributed by atoms with Gasteiger partial charge in [0.1, 0.15) is 5.54 Å². The molecule has 0 bridgehead atoms. The highest BCUT2D eigenvalue weighted by Crippen LogP contribution is 2.36. The van der Waals surface area contributed by atoms with Crippen LogP contribution in [0, 0.1) is 0 Å². The van der Waals surface area contributed by atoms with Gasteiger partial charge in [-0.05, 0) is 17.3 Å². The van der Waals surface area contributed by atoms with E-state index in [2.05, 4.69) is 32.6 Å². The van der Waals surface area contributed by atoms with E-state index in [-0.39, 0.29) is 12.4 Å². The molecular weight excluding hydrogens is 354 g/mol. The first-order chi connectivity index (χ1) is 6.96. The summed E-state index contributed by atoms with van der Waals surface area (Å²) in [6.45, 7) is -0.441. The Morgan fingerprint density at radius 1 is 1.56 bits per heavy atom. The maximum absolute atomic E-state index is 13.1. The molecule has 1 aliphatic rings. The minimum Gasteiger partial charge on any atom is -0.468 e. The molecule has 0 saturated carbocycles. The fraction of sp³-hybridized carbons (Fsp3) is 0.889. The van der Waals surface area contributed by atoms with Gasteiger partial charge >= 0.3 is 5.97 Å². The van der Waals surface area contributed by atoms with Gasteiger partial charge < -0.3 is 4.74 Å². The maximum atomic E-state index is 13.1. The Kier molecular flexibility index (Phi) is 6.42. The van der Waals surface area contributed by atoms with E-state index >= 15 is 0 Å². The number of nitrogens with one attached hydrogen (secondary N) is 1. The van der Waals surface area contributed by atoms with Gasteiger partial charge in [0.2, 0.25) is 0 Å². The van der Waals surface area contributed by atoms with Crippen molar-refractivity contribution < 1.29 is 18.3 Å². The van der Waals surface area contributed by atoms with Gasteiger partial charge in [-0.15, -0.1) is 12.4 Å². The Morgan fingerprint density at radius 2 is 2.19 bits per heavy atom. The number of ether oxygens (including phenoxy) is 1. The summed E-state index contributed by atoms with van der Waals surface area (Å²) in [4.78, 5) is 11.5. The summed E-state index contributed by atoms with van der Waals surface area (Å²) in [5.41, 5.74) is -1.18. The lowest BCUT2D eigenvalue weighted by Crippen LogP contribution is -2.48. The molecule has 1 fully saturated rings. The molecule has 1 atom stereocenters. The minimum absolute atomic E-state index is 0. The summed E-state index contributed by atoms with van der Waals surface area (Å²) in [6, 6.07) is 0. The van der Waals surface area contributed by atoms with Crippen molar-refractivity contribution in [3.05, 3.63) is 0 Å². The molecule has 0 radical (unpaired) electrons. The second kappa shape index (κ2) is 6.30. The molecule has 96 valence electrons. The largest absolute Gasteiger partial charge is 0.468 e. The predicted molar refractivity (Wildman–Crippen MR) is 67.7 cm³/mol. The number of esters is 1. The summed E-state index contributed by atoms with van der Waals surface area (Å²) in [5, 5.41) is 2.62. The van der Waals surface area contributed by atoms with E-state index in [1.54, 1.807) is 0 Å². The van der Waals surface area contributed by atoms with Crippen LogP contribution in [0.15, 0.2) is 0 Å². The molecule has 0 unspecified atom stereocenters. The van der Waals surface area contributed by atoms with E-state index in [0.29, 0.717) is 6.42 Å². The predicted octanol–water partition coefficient (Wildman–Crippen LogP) is 2.16. The second-order valence-corrected chi connectivity index (χ2v) is 4.83. The summed E-state index contributed by atoms with van der Waals surface area (Å²) in [6.07, 6.45) is 0.667. The first-order valence-corrected chi connectivity index (χ1v) is 6.26. The van der Waals surface area contributed by atoms with Gasteiger partial charge in [-0.2, -0.15) is 0 Å². The van der Waals surface area contributed by atoms with Crippen molar-refractivity contribution in [2.45, 2.75) is 30.7 Å². The highest BCUT2D eigenvalue weighted by atomic mass is 127. The smallest absolute Gasteiger partial charge is 0.326 e. The normalized spacial score (nSPS) is 27.2. The molecule has 0 aliphatic carbocycles. The molecule has 0 amide bonds. The quantitative estimate of drug-likeness (QED) is 0.469. The fourth-order valence-corrected chi connectivity index (χ4v) is 2.23. The van der Waals surface area contributed by atoms with E-state index in [1.165, 1.54) is 7.11 Å². The Labute approximate surface area is 113 Å². The van der Waals surface area contributed by atoms with Crippen LogP contribution >= 0.6 is 35.0 Å². The Bertz CT molecular complexity index is 256. The lowest BCUT2D eigenvalue weighted by molar-refractivity contribution is -0.149. The molecule has 1 heterocycles. The zero-order chi connectivity index (χ0) is 11.5. The van der Waals surface area contributed by atoms with Crippen molar-refractivity contribution in [3.8, 4) is 0 Å². The number of alkyl halides is 3. The maximum Gasteiger partial charge on any atom is 0.326 e. The monoisotopic (exact) mass is 369 g/mol. The number of halogens is 4. The van der Waals surface area contributed by atoms with Crippen molar-refractivity contribution in [3.63, 3.8) is 0 Å².